The highest BCUT2D eigenvalue weighted by molar-refractivity contribution is 6.01. The fraction of sp³-hybridized carbons (Fsp3) is 0.458. The Kier molecular flexibility index (Phi) is 5.60. The topological polar surface area (TPSA) is 84.7 Å². The lowest BCUT2D eigenvalue weighted by Crippen LogP contribution is -2.43. The zero-order valence-corrected chi connectivity index (χ0v) is 18.3. The van der Waals surface area contributed by atoms with Crippen molar-refractivity contribution < 1.29 is 19.4 Å². The van der Waals surface area contributed by atoms with Crippen LogP contribution in [0.1, 0.15) is 56.8 Å². The molecule has 0 bridgehead atoms. The summed E-state index contributed by atoms with van der Waals surface area (Å²) >= 11 is 0. The van der Waals surface area contributed by atoms with Gasteiger partial charge in [0.25, 0.3) is 0 Å². The van der Waals surface area contributed by atoms with Gasteiger partial charge in [-0.15, -0.1) is 0 Å². The molecule has 0 spiro atoms. The van der Waals surface area contributed by atoms with Crippen molar-refractivity contribution in [2.45, 2.75) is 52.1 Å². The first kappa shape index (κ1) is 21.2. The maximum atomic E-state index is 12.5. The zero-order chi connectivity index (χ0) is 22.2. The number of rotatable bonds is 3. The van der Waals surface area contributed by atoms with Gasteiger partial charge in [0.15, 0.2) is 0 Å². The summed E-state index contributed by atoms with van der Waals surface area (Å²) in [6, 6.07) is 5.20. The predicted molar refractivity (Wildman–Crippen MR) is 119 cm³/mol. The van der Waals surface area contributed by atoms with Crippen LogP contribution in [0.15, 0.2) is 42.1 Å². The smallest absolute Gasteiger partial charge is 0.410 e. The number of allylic oxidation sites excluding steroid dienone is 3. The van der Waals surface area contributed by atoms with Crippen LogP contribution in [0.3, 0.4) is 0 Å². The number of fused-ring (bicyclic) bond motifs is 1. The summed E-state index contributed by atoms with van der Waals surface area (Å²) < 4.78 is 7.34. The molecule has 31 heavy (non-hydrogen) atoms. The molecule has 1 amide bonds. The van der Waals surface area contributed by atoms with Gasteiger partial charge in [-0.3, -0.25) is 0 Å². The molecule has 1 aromatic heterocycles. The number of ether oxygens (including phenoxy) is 1. The van der Waals surface area contributed by atoms with E-state index in [9.17, 15) is 14.7 Å². The van der Waals surface area contributed by atoms with Gasteiger partial charge in [0.05, 0.1) is 5.56 Å². The molecule has 2 aromatic rings. The van der Waals surface area contributed by atoms with E-state index >= 15 is 0 Å². The molecular formula is C24H29N3O4. The molecule has 4 rings (SSSR count). The molecule has 0 saturated carbocycles. The van der Waals surface area contributed by atoms with Crippen molar-refractivity contribution in [2.75, 3.05) is 13.1 Å². The minimum absolute atomic E-state index is 0.216. The second kappa shape index (κ2) is 8.21. The summed E-state index contributed by atoms with van der Waals surface area (Å²) in [6.07, 6.45) is 9.64. The van der Waals surface area contributed by atoms with Crippen LogP contribution in [-0.2, 0) is 4.74 Å². The Morgan fingerprint density at radius 2 is 2.00 bits per heavy atom. The molecule has 1 atom stereocenters. The van der Waals surface area contributed by atoms with Crippen LogP contribution in [-0.4, -0.2) is 50.5 Å². The second-order valence-corrected chi connectivity index (χ2v) is 9.29. The van der Waals surface area contributed by atoms with E-state index in [1.165, 1.54) is 5.57 Å². The van der Waals surface area contributed by atoms with Gasteiger partial charge < -0.3 is 14.7 Å². The molecular weight excluding hydrogens is 394 g/mol. The van der Waals surface area contributed by atoms with E-state index in [4.69, 9.17) is 4.74 Å². The average molecular weight is 424 g/mol. The van der Waals surface area contributed by atoms with Gasteiger partial charge >= 0.3 is 12.1 Å². The first-order valence-corrected chi connectivity index (χ1v) is 10.8. The molecule has 1 aromatic carbocycles. The van der Waals surface area contributed by atoms with Gasteiger partial charge in [-0.2, -0.15) is 5.10 Å². The monoisotopic (exact) mass is 423 g/mol. The summed E-state index contributed by atoms with van der Waals surface area (Å²) in [5.41, 5.74) is 2.62. The van der Waals surface area contributed by atoms with Crippen LogP contribution in [0.4, 0.5) is 4.79 Å². The molecule has 1 fully saturated rings. The summed E-state index contributed by atoms with van der Waals surface area (Å²) in [5.74, 6) is -0.628. The lowest BCUT2D eigenvalue weighted by atomic mass is 9.85. The lowest BCUT2D eigenvalue weighted by molar-refractivity contribution is 0.0181. The first-order valence-electron chi connectivity index (χ1n) is 10.8. The number of aromatic nitrogens is 2. The number of carboxylic acids is 1. The Morgan fingerprint density at radius 3 is 2.68 bits per heavy atom. The highest BCUT2D eigenvalue weighted by Crippen LogP contribution is 2.33. The van der Waals surface area contributed by atoms with E-state index in [1.54, 1.807) is 16.8 Å². The maximum Gasteiger partial charge on any atom is 0.410 e. The molecule has 1 saturated heterocycles. The van der Waals surface area contributed by atoms with Gasteiger partial charge in [0.1, 0.15) is 11.1 Å². The number of amides is 1. The average Bonchev–Trinajstić information content (AvgIpc) is 3.17. The lowest BCUT2D eigenvalue weighted by Gasteiger charge is -2.35. The maximum absolute atomic E-state index is 12.5. The number of piperidine rings is 1. The minimum Gasteiger partial charge on any atom is -0.478 e. The molecule has 7 heteroatoms. The Balaban J connectivity index is 1.50. The third-order valence-electron chi connectivity index (χ3n) is 5.82. The number of likely N-dealkylation sites (tertiary alicyclic amines) is 1. The molecule has 1 aliphatic carbocycles. The fourth-order valence-electron chi connectivity index (χ4n) is 4.31. The highest BCUT2D eigenvalue weighted by atomic mass is 16.6. The van der Waals surface area contributed by atoms with E-state index < -0.39 is 11.6 Å². The standard InChI is InChI=1S/C24H29N3O4/c1-24(2,3)31-23(30)26-13-5-7-17(14-26)16-9-11-19(12-10-16)27-15-18-6-4-8-20(22(28)29)21(18)25-27/h4,6,8-9,11,15,17H,5,7,10,12-14H2,1-3H3,(H,28,29)/t17-/m1/s1. The zero-order valence-electron chi connectivity index (χ0n) is 18.3. The molecule has 2 heterocycles. The number of benzene rings is 1. The van der Waals surface area contributed by atoms with Crippen LogP contribution in [0.2, 0.25) is 0 Å². The number of aromatic carboxylic acids is 1. The van der Waals surface area contributed by atoms with Crippen LogP contribution in [0, 0.1) is 5.92 Å². The Bertz CT molecular complexity index is 1070. The second-order valence-electron chi connectivity index (χ2n) is 9.29. The van der Waals surface area contributed by atoms with E-state index in [1.807, 2.05) is 37.9 Å². The predicted octanol–water partition coefficient (Wildman–Crippen LogP) is 4.94. The number of nitrogens with zero attached hydrogens (tertiary/aromatic N) is 3. The minimum atomic E-state index is -0.970. The van der Waals surface area contributed by atoms with E-state index in [0.717, 1.165) is 43.3 Å². The molecule has 2 aliphatic rings. The van der Waals surface area contributed by atoms with Crippen molar-refractivity contribution in [3.63, 3.8) is 0 Å². The van der Waals surface area contributed by atoms with E-state index in [-0.39, 0.29) is 11.7 Å². The van der Waals surface area contributed by atoms with E-state index in [2.05, 4.69) is 17.3 Å². The van der Waals surface area contributed by atoms with Crippen LogP contribution < -0.4 is 0 Å². The number of hydrogen-bond acceptors (Lipinski definition) is 4. The van der Waals surface area contributed by atoms with Crippen molar-refractivity contribution in [1.82, 2.24) is 14.7 Å². The molecule has 0 unspecified atom stereocenters. The highest BCUT2D eigenvalue weighted by Gasteiger charge is 2.29. The van der Waals surface area contributed by atoms with Gasteiger partial charge in [-0.1, -0.05) is 23.8 Å². The summed E-state index contributed by atoms with van der Waals surface area (Å²) in [6.45, 7) is 7.10. The Morgan fingerprint density at radius 1 is 1.19 bits per heavy atom. The SMILES string of the molecule is CC(C)(C)OC(=O)N1CCC[C@@H](C2=CC=C(n3cc4cccc(C(=O)O)c4n3)CC2)C1. The Hall–Kier alpha value is -3.09. The molecule has 0 radical (unpaired) electrons. The molecule has 1 aliphatic heterocycles. The van der Waals surface area contributed by atoms with Gasteiger partial charge in [-0.25, -0.2) is 14.3 Å². The molecule has 164 valence electrons. The number of carboxylic acid groups (broad SMARTS) is 1. The molecule has 1 N–H and O–H groups in total. The fourth-order valence-corrected chi connectivity index (χ4v) is 4.31. The largest absolute Gasteiger partial charge is 0.478 e. The van der Waals surface area contributed by atoms with Gasteiger partial charge in [0.2, 0.25) is 0 Å². The van der Waals surface area contributed by atoms with Crippen LogP contribution in [0.25, 0.3) is 16.6 Å². The van der Waals surface area contributed by atoms with Crippen LogP contribution >= 0.6 is 0 Å². The van der Waals surface area contributed by atoms with Crippen molar-refractivity contribution in [1.29, 1.82) is 0 Å². The van der Waals surface area contributed by atoms with Gasteiger partial charge in [-0.05, 0) is 64.5 Å². The molecule has 7 nitrogen and oxygen atoms in total. The van der Waals surface area contributed by atoms with Crippen molar-refractivity contribution in [2.24, 2.45) is 5.92 Å². The quantitative estimate of drug-likeness (QED) is 0.756. The Labute approximate surface area is 182 Å². The summed E-state index contributed by atoms with van der Waals surface area (Å²) in [4.78, 5) is 25.7. The number of carbonyl (C=O) groups excluding carboxylic acids is 1. The summed E-state index contributed by atoms with van der Waals surface area (Å²) in [7, 11) is 0. The summed E-state index contributed by atoms with van der Waals surface area (Å²) in [5, 5.41) is 14.7. The number of hydrogen-bond donors (Lipinski definition) is 1. The van der Waals surface area contributed by atoms with Gasteiger partial charge in [0, 0.05) is 30.4 Å². The normalized spacial score (nSPS) is 19.7. The van der Waals surface area contributed by atoms with E-state index in [0.29, 0.717) is 18.0 Å². The third-order valence-corrected chi connectivity index (χ3v) is 5.82. The van der Waals surface area contributed by atoms with Crippen LogP contribution in [0.5, 0.6) is 0 Å². The first-order chi connectivity index (χ1) is 14.7. The van der Waals surface area contributed by atoms with Crippen molar-refractivity contribution >= 4 is 28.7 Å². The van der Waals surface area contributed by atoms with Crippen molar-refractivity contribution in [3.05, 3.63) is 47.7 Å². The third kappa shape index (κ3) is 4.65. The van der Waals surface area contributed by atoms with Crippen molar-refractivity contribution in [3.8, 4) is 0 Å². The number of carbonyl (C=O) groups is 2.